The van der Waals surface area contributed by atoms with Crippen molar-refractivity contribution in [2.45, 2.75) is 64.6 Å². The smallest absolute Gasteiger partial charge is 0.260 e. The molecule has 0 fully saturated rings. The molecule has 2 atom stereocenters. The van der Waals surface area contributed by atoms with Crippen LogP contribution < -0.4 is 20.1 Å². The van der Waals surface area contributed by atoms with E-state index in [9.17, 15) is 9.59 Å². The van der Waals surface area contributed by atoms with E-state index in [4.69, 9.17) is 32.7 Å². The Morgan fingerprint density at radius 1 is 0.676 bits per heavy atom. The highest BCUT2D eigenvalue weighted by molar-refractivity contribution is 6.32. The first-order valence-electron chi connectivity index (χ1n) is 11.8. The van der Waals surface area contributed by atoms with Gasteiger partial charge in [-0.1, -0.05) is 73.2 Å². The van der Waals surface area contributed by atoms with Crippen molar-refractivity contribution in [2.24, 2.45) is 0 Å². The number of hydrogen-bond donors (Lipinski definition) is 2. The van der Waals surface area contributed by atoms with Gasteiger partial charge in [0, 0.05) is 13.1 Å². The van der Waals surface area contributed by atoms with Crippen molar-refractivity contribution in [2.75, 3.05) is 13.1 Å². The first kappa shape index (κ1) is 27.8. The Labute approximate surface area is 212 Å². The van der Waals surface area contributed by atoms with Gasteiger partial charge in [0.1, 0.15) is 11.5 Å². The van der Waals surface area contributed by atoms with Gasteiger partial charge in [-0.3, -0.25) is 9.59 Å². The van der Waals surface area contributed by atoms with Crippen LogP contribution in [-0.2, 0) is 9.59 Å². The molecule has 0 spiro atoms. The number of hydrogen-bond acceptors (Lipinski definition) is 4. The molecular weight excluding hydrogens is 475 g/mol. The van der Waals surface area contributed by atoms with E-state index in [0.717, 1.165) is 38.5 Å². The molecule has 8 heteroatoms. The summed E-state index contributed by atoms with van der Waals surface area (Å²) in [7, 11) is 0. The van der Waals surface area contributed by atoms with Crippen LogP contribution in [0.25, 0.3) is 0 Å². The molecule has 6 nitrogen and oxygen atoms in total. The fourth-order valence-electron chi connectivity index (χ4n) is 3.24. The summed E-state index contributed by atoms with van der Waals surface area (Å²) in [6, 6.07) is 14.2. The molecule has 34 heavy (non-hydrogen) atoms. The van der Waals surface area contributed by atoms with Gasteiger partial charge in [0.15, 0.2) is 12.2 Å². The molecule has 0 saturated carbocycles. The van der Waals surface area contributed by atoms with Crippen LogP contribution in [0, 0.1) is 0 Å². The van der Waals surface area contributed by atoms with Crippen molar-refractivity contribution in [3.63, 3.8) is 0 Å². The van der Waals surface area contributed by atoms with Crippen LogP contribution in [0.15, 0.2) is 48.5 Å². The Morgan fingerprint density at radius 3 is 1.41 bits per heavy atom. The number of para-hydroxylation sites is 2. The van der Waals surface area contributed by atoms with Gasteiger partial charge >= 0.3 is 0 Å². The Balaban J connectivity index is 1.46. The van der Waals surface area contributed by atoms with Crippen LogP contribution in [0.4, 0.5) is 0 Å². The highest BCUT2D eigenvalue weighted by atomic mass is 35.5. The molecule has 2 aromatic rings. The van der Waals surface area contributed by atoms with Gasteiger partial charge < -0.3 is 20.1 Å². The SMILES string of the molecule is CC(Oc1ccccc1Cl)C(=O)NCCCCCCCCNC(=O)C(C)Oc1ccccc1Cl. The van der Waals surface area contributed by atoms with Gasteiger partial charge in [-0.15, -0.1) is 0 Å². The highest BCUT2D eigenvalue weighted by Crippen LogP contribution is 2.25. The first-order chi connectivity index (χ1) is 16.4. The van der Waals surface area contributed by atoms with Crippen LogP contribution in [0.2, 0.25) is 10.0 Å². The average Bonchev–Trinajstić information content (AvgIpc) is 2.82. The highest BCUT2D eigenvalue weighted by Gasteiger charge is 2.16. The molecule has 0 radical (unpaired) electrons. The number of halogens is 2. The summed E-state index contributed by atoms with van der Waals surface area (Å²) >= 11 is 12.1. The topological polar surface area (TPSA) is 76.7 Å². The first-order valence-corrected chi connectivity index (χ1v) is 12.5. The third-order valence-electron chi connectivity index (χ3n) is 5.22. The van der Waals surface area contributed by atoms with Gasteiger partial charge in [0.2, 0.25) is 0 Å². The second-order valence-electron chi connectivity index (χ2n) is 8.08. The number of rotatable bonds is 15. The number of nitrogens with one attached hydrogen (secondary N) is 2. The zero-order chi connectivity index (χ0) is 24.8. The van der Waals surface area contributed by atoms with Crippen molar-refractivity contribution in [1.82, 2.24) is 10.6 Å². The Morgan fingerprint density at radius 2 is 1.03 bits per heavy atom. The largest absolute Gasteiger partial charge is 0.479 e. The molecule has 0 aromatic heterocycles. The van der Waals surface area contributed by atoms with Gasteiger partial charge in [-0.05, 0) is 51.0 Å². The number of ether oxygens (including phenoxy) is 2. The van der Waals surface area contributed by atoms with Crippen molar-refractivity contribution in [3.05, 3.63) is 58.6 Å². The summed E-state index contributed by atoms with van der Waals surface area (Å²) in [6.45, 7) is 4.66. The average molecular weight is 509 g/mol. The molecule has 2 unspecified atom stereocenters. The molecule has 0 aliphatic rings. The summed E-state index contributed by atoms with van der Waals surface area (Å²) in [6.07, 6.45) is 4.87. The van der Waals surface area contributed by atoms with Crippen LogP contribution in [0.1, 0.15) is 52.4 Å². The zero-order valence-electron chi connectivity index (χ0n) is 19.8. The van der Waals surface area contributed by atoms with Crippen molar-refractivity contribution >= 4 is 35.0 Å². The van der Waals surface area contributed by atoms with E-state index in [1.165, 1.54) is 0 Å². The summed E-state index contributed by atoms with van der Waals surface area (Å²) in [5.41, 5.74) is 0. The summed E-state index contributed by atoms with van der Waals surface area (Å²) in [5.74, 6) is 0.711. The third kappa shape index (κ3) is 10.2. The number of carbonyl (C=O) groups is 2. The van der Waals surface area contributed by atoms with E-state index >= 15 is 0 Å². The molecule has 0 aliphatic carbocycles. The standard InChI is InChI=1S/C26H34Cl2N2O4/c1-19(33-23-15-9-7-13-21(23)27)25(31)29-17-11-5-3-4-6-12-18-30-26(32)20(2)34-24-16-10-8-14-22(24)28/h7-10,13-16,19-20H,3-6,11-12,17-18H2,1-2H3,(H,29,31)(H,30,32). The molecule has 2 rings (SSSR count). The van der Waals surface area contributed by atoms with E-state index in [-0.39, 0.29) is 11.8 Å². The van der Waals surface area contributed by atoms with E-state index in [2.05, 4.69) is 10.6 Å². The molecule has 0 heterocycles. The minimum Gasteiger partial charge on any atom is -0.479 e. The van der Waals surface area contributed by atoms with Gasteiger partial charge in [0.05, 0.1) is 10.0 Å². The van der Waals surface area contributed by atoms with Gasteiger partial charge in [-0.25, -0.2) is 0 Å². The number of carbonyl (C=O) groups excluding carboxylic acids is 2. The Hall–Kier alpha value is -2.44. The lowest BCUT2D eigenvalue weighted by atomic mass is 10.1. The predicted molar refractivity (Wildman–Crippen MR) is 137 cm³/mol. The van der Waals surface area contributed by atoms with Gasteiger partial charge in [-0.2, -0.15) is 0 Å². The summed E-state index contributed by atoms with van der Waals surface area (Å²) in [4.78, 5) is 24.3. The zero-order valence-corrected chi connectivity index (χ0v) is 21.3. The van der Waals surface area contributed by atoms with Crippen LogP contribution in [0.5, 0.6) is 11.5 Å². The lowest BCUT2D eigenvalue weighted by molar-refractivity contribution is -0.127. The summed E-state index contributed by atoms with van der Waals surface area (Å²) < 4.78 is 11.2. The molecule has 2 N–H and O–H groups in total. The maximum absolute atomic E-state index is 12.2. The molecule has 0 saturated heterocycles. The fraction of sp³-hybridized carbons (Fsp3) is 0.462. The monoisotopic (exact) mass is 508 g/mol. The maximum Gasteiger partial charge on any atom is 0.260 e. The Kier molecular flexibility index (Phi) is 12.6. The third-order valence-corrected chi connectivity index (χ3v) is 5.85. The van der Waals surface area contributed by atoms with Crippen molar-refractivity contribution in [3.8, 4) is 11.5 Å². The summed E-state index contributed by atoms with van der Waals surface area (Å²) in [5, 5.41) is 6.78. The van der Waals surface area contributed by atoms with E-state index in [0.29, 0.717) is 34.6 Å². The normalized spacial score (nSPS) is 12.5. The van der Waals surface area contributed by atoms with Crippen LogP contribution >= 0.6 is 23.2 Å². The molecule has 2 amide bonds. The van der Waals surface area contributed by atoms with Crippen LogP contribution in [0.3, 0.4) is 0 Å². The molecular formula is C26H34Cl2N2O4. The van der Waals surface area contributed by atoms with Crippen molar-refractivity contribution in [1.29, 1.82) is 0 Å². The quantitative estimate of drug-likeness (QED) is 0.298. The lowest BCUT2D eigenvalue weighted by Gasteiger charge is -2.15. The minimum atomic E-state index is -0.604. The minimum absolute atomic E-state index is 0.150. The van der Waals surface area contributed by atoms with E-state index in [1.807, 2.05) is 24.3 Å². The fourth-order valence-corrected chi connectivity index (χ4v) is 3.60. The molecule has 186 valence electrons. The van der Waals surface area contributed by atoms with Crippen LogP contribution in [-0.4, -0.2) is 37.1 Å². The maximum atomic E-state index is 12.2. The number of benzene rings is 2. The second-order valence-corrected chi connectivity index (χ2v) is 8.90. The second kappa shape index (κ2) is 15.5. The van der Waals surface area contributed by atoms with Gasteiger partial charge in [0.25, 0.3) is 11.8 Å². The Bertz CT molecular complexity index is 836. The van der Waals surface area contributed by atoms with E-state index in [1.54, 1.807) is 38.1 Å². The number of unbranched alkanes of at least 4 members (excludes halogenated alkanes) is 5. The molecule has 0 bridgehead atoms. The van der Waals surface area contributed by atoms with Crippen molar-refractivity contribution < 1.29 is 19.1 Å². The predicted octanol–water partition coefficient (Wildman–Crippen LogP) is 5.80. The van der Waals surface area contributed by atoms with E-state index < -0.39 is 12.2 Å². The molecule has 0 aliphatic heterocycles. The molecule has 2 aromatic carbocycles. The lowest BCUT2D eigenvalue weighted by Crippen LogP contribution is -2.36. The number of amides is 2.